The molecular weight excluding hydrogens is 150 g/mol. The zero-order chi connectivity index (χ0) is 9.19. The Morgan fingerprint density at radius 1 is 1.33 bits per heavy atom. The molecule has 1 aliphatic rings. The molecule has 1 aliphatic heterocycles. The van der Waals surface area contributed by atoms with Crippen molar-refractivity contribution in [1.82, 2.24) is 5.32 Å². The summed E-state index contributed by atoms with van der Waals surface area (Å²) in [6, 6.07) is 0. The minimum absolute atomic E-state index is 0.130. The minimum Gasteiger partial charge on any atom is -0.391 e. The lowest BCUT2D eigenvalue weighted by Crippen LogP contribution is -2.34. The van der Waals surface area contributed by atoms with E-state index in [9.17, 15) is 5.11 Å². The van der Waals surface area contributed by atoms with Crippen LogP contribution in [0.15, 0.2) is 0 Å². The van der Waals surface area contributed by atoms with Gasteiger partial charge in [-0.25, -0.2) is 0 Å². The van der Waals surface area contributed by atoms with Crippen LogP contribution in [0.3, 0.4) is 0 Å². The van der Waals surface area contributed by atoms with Crippen molar-refractivity contribution < 1.29 is 5.11 Å². The maximum Gasteiger partial charge on any atom is 0.0710 e. The molecule has 2 N–H and O–H groups in total. The van der Waals surface area contributed by atoms with Gasteiger partial charge in [-0.3, -0.25) is 0 Å². The van der Waals surface area contributed by atoms with E-state index in [-0.39, 0.29) is 6.10 Å². The van der Waals surface area contributed by atoms with Crippen molar-refractivity contribution >= 4 is 0 Å². The van der Waals surface area contributed by atoms with Gasteiger partial charge in [-0.2, -0.15) is 0 Å². The van der Waals surface area contributed by atoms with Crippen LogP contribution in [0.4, 0.5) is 0 Å². The van der Waals surface area contributed by atoms with E-state index in [2.05, 4.69) is 26.1 Å². The van der Waals surface area contributed by atoms with Crippen molar-refractivity contribution in [2.45, 2.75) is 39.7 Å². The molecule has 0 aromatic carbocycles. The molecule has 0 aromatic rings. The average molecular weight is 171 g/mol. The normalized spacial score (nSPS) is 31.0. The Morgan fingerprint density at radius 2 is 1.92 bits per heavy atom. The van der Waals surface area contributed by atoms with Crippen LogP contribution in [0.25, 0.3) is 0 Å². The number of aliphatic hydroxyl groups excluding tert-OH is 1. The third-order valence-electron chi connectivity index (χ3n) is 3.69. The highest BCUT2D eigenvalue weighted by Crippen LogP contribution is 2.37. The van der Waals surface area contributed by atoms with E-state index in [0.29, 0.717) is 11.3 Å². The molecule has 0 aromatic heterocycles. The molecule has 2 atom stereocenters. The van der Waals surface area contributed by atoms with E-state index in [1.165, 1.54) is 0 Å². The number of rotatable bonds is 3. The van der Waals surface area contributed by atoms with Crippen LogP contribution in [0.1, 0.15) is 33.6 Å². The molecule has 2 nitrogen and oxygen atoms in total. The summed E-state index contributed by atoms with van der Waals surface area (Å²) in [4.78, 5) is 0. The van der Waals surface area contributed by atoms with Gasteiger partial charge in [0.05, 0.1) is 6.10 Å². The number of nitrogens with one attached hydrogen (secondary N) is 1. The van der Waals surface area contributed by atoms with Crippen LogP contribution in [-0.2, 0) is 0 Å². The standard InChI is InChI=1S/C10H21NO/c1-4-10(3,5-2)8-6-11-7-9(8)12/h8-9,11-12H,4-7H2,1-3H3. The number of aliphatic hydroxyl groups is 1. The number of β-amino-alcohol motifs (C(OH)–C–C–N with tert-alkyl or cyclic N) is 1. The lowest BCUT2D eigenvalue weighted by Gasteiger charge is -2.35. The van der Waals surface area contributed by atoms with E-state index in [1.807, 2.05) is 0 Å². The van der Waals surface area contributed by atoms with Crippen molar-refractivity contribution in [2.24, 2.45) is 11.3 Å². The van der Waals surface area contributed by atoms with Crippen molar-refractivity contribution in [1.29, 1.82) is 0 Å². The van der Waals surface area contributed by atoms with Gasteiger partial charge in [0.1, 0.15) is 0 Å². The van der Waals surface area contributed by atoms with Crippen molar-refractivity contribution in [3.8, 4) is 0 Å². The first-order valence-electron chi connectivity index (χ1n) is 5.03. The van der Waals surface area contributed by atoms with E-state index < -0.39 is 0 Å². The molecule has 1 rings (SSSR count). The maximum absolute atomic E-state index is 9.72. The quantitative estimate of drug-likeness (QED) is 0.672. The van der Waals surface area contributed by atoms with Gasteiger partial charge in [-0.1, -0.05) is 33.6 Å². The van der Waals surface area contributed by atoms with Crippen LogP contribution in [0, 0.1) is 11.3 Å². The monoisotopic (exact) mass is 171 g/mol. The highest BCUT2D eigenvalue weighted by Gasteiger charge is 2.38. The molecule has 0 saturated carbocycles. The van der Waals surface area contributed by atoms with E-state index in [0.717, 1.165) is 25.9 Å². The largest absolute Gasteiger partial charge is 0.391 e. The second-order valence-corrected chi connectivity index (χ2v) is 4.19. The van der Waals surface area contributed by atoms with Crippen LogP contribution in [0.5, 0.6) is 0 Å². The number of hydrogen-bond donors (Lipinski definition) is 2. The highest BCUT2D eigenvalue weighted by molar-refractivity contribution is 4.91. The fraction of sp³-hybridized carbons (Fsp3) is 1.00. The topological polar surface area (TPSA) is 32.3 Å². The van der Waals surface area contributed by atoms with Gasteiger partial charge in [-0.05, 0) is 5.41 Å². The zero-order valence-electron chi connectivity index (χ0n) is 8.43. The lowest BCUT2D eigenvalue weighted by atomic mass is 9.71. The van der Waals surface area contributed by atoms with Gasteiger partial charge in [0, 0.05) is 19.0 Å². The Labute approximate surface area is 75.4 Å². The van der Waals surface area contributed by atoms with Crippen molar-refractivity contribution in [3.63, 3.8) is 0 Å². The molecule has 2 unspecified atom stereocenters. The molecule has 12 heavy (non-hydrogen) atoms. The number of hydrogen-bond acceptors (Lipinski definition) is 2. The van der Waals surface area contributed by atoms with Gasteiger partial charge in [-0.15, -0.1) is 0 Å². The summed E-state index contributed by atoms with van der Waals surface area (Å²) in [6.07, 6.45) is 2.19. The zero-order valence-corrected chi connectivity index (χ0v) is 8.43. The molecule has 1 heterocycles. The molecular formula is C10H21NO. The fourth-order valence-electron chi connectivity index (χ4n) is 2.15. The van der Waals surface area contributed by atoms with E-state index >= 15 is 0 Å². The second-order valence-electron chi connectivity index (χ2n) is 4.19. The Kier molecular flexibility index (Phi) is 3.13. The van der Waals surface area contributed by atoms with Crippen LogP contribution in [-0.4, -0.2) is 24.3 Å². The first-order valence-corrected chi connectivity index (χ1v) is 5.03. The Balaban J connectivity index is 2.64. The van der Waals surface area contributed by atoms with Crippen LogP contribution < -0.4 is 5.32 Å². The van der Waals surface area contributed by atoms with Gasteiger partial charge >= 0.3 is 0 Å². The Hall–Kier alpha value is -0.0800. The van der Waals surface area contributed by atoms with E-state index in [1.54, 1.807) is 0 Å². The first-order chi connectivity index (χ1) is 5.64. The van der Waals surface area contributed by atoms with Crippen molar-refractivity contribution in [3.05, 3.63) is 0 Å². The molecule has 1 fully saturated rings. The molecule has 2 heteroatoms. The maximum atomic E-state index is 9.72. The molecule has 0 aliphatic carbocycles. The van der Waals surface area contributed by atoms with Gasteiger partial charge in [0.25, 0.3) is 0 Å². The molecule has 0 spiro atoms. The molecule has 1 saturated heterocycles. The van der Waals surface area contributed by atoms with Crippen molar-refractivity contribution in [2.75, 3.05) is 13.1 Å². The molecule has 0 amide bonds. The predicted molar refractivity (Wildman–Crippen MR) is 51.1 cm³/mol. The summed E-state index contributed by atoms with van der Waals surface area (Å²) in [5, 5.41) is 13.0. The average Bonchev–Trinajstić information content (AvgIpc) is 2.51. The minimum atomic E-state index is -0.130. The first kappa shape index (κ1) is 10.0. The lowest BCUT2D eigenvalue weighted by molar-refractivity contribution is 0.0564. The highest BCUT2D eigenvalue weighted by atomic mass is 16.3. The molecule has 0 radical (unpaired) electrons. The summed E-state index contributed by atoms with van der Waals surface area (Å²) in [5.41, 5.74) is 0.322. The molecule has 72 valence electrons. The SMILES string of the molecule is CCC(C)(CC)C1CNCC1O. The third kappa shape index (κ3) is 1.64. The summed E-state index contributed by atoms with van der Waals surface area (Å²) in [6.45, 7) is 8.48. The van der Waals surface area contributed by atoms with Crippen LogP contribution in [0.2, 0.25) is 0 Å². The second kappa shape index (κ2) is 3.75. The van der Waals surface area contributed by atoms with Crippen LogP contribution >= 0.6 is 0 Å². The van der Waals surface area contributed by atoms with Gasteiger partial charge in [0.15, 0.2) is 0 Å². The molecule has 0 bridgehead atoms. The third-order valence-corrected chi connectivity index (χ3v) is 3.69. The smallest absolute Gasteiger partial charge is 0.0710 e. The predicted octanol–water partition coefficient (Wildman–Crippen LogP) is 1.39. The summed E-state index contributed by atoms with van der Waals surface area (Å²) < 4.78 is 0. The van der Waals surface area contributed by atoms with Gasteiger partial charge < -0.3 is 10.4 Å². The summed E-state index contributed by atoms with van der Waals surface area (Å²) in [7, 11) is 0. The van der Waals surface area contributed by atoms with Gasteiger partial charge in [0.2, 0.25) is 0 Å². The van der Waals surface area contributed by atoms with E-state index in [4.69, 9.17) is 0 Å². The Bertz CT molecular complexity index is 143. The Morgan fingerprint density at radius 3 is 2.25 bits per heavy atom. The summed E-state index contributed by atoms with van der Waals surface area (Å²) >= 11 is 0. The summed E-state index contributed by atoms with van der Waals surface area (Å²) in [5.74, 6) is 0.451. The fourth-order valence-corrected chi connectivity index (χ4v) is 2.15.